The van der Waals surface area contributed by atoms with E-state index in [-0.39, 0.29) is 0 Å². The van der Waals surface area contributed by atoms with Crippen molar-refractivity contribution in [3.05, 3.63) is 89.0 Å². The molecule has 0 heterocycles. The summed E-state index contributed by atoms with van der Waals surface area (Å²) in [5.74, 6) is 0. The number of benzene rings is 4. The van der Waals surface area contributed by atoms with E-state index in [0.29, 0.717) is 0 Å². The molecule has 2 N–H and O–H groups in total. The zero-order valence-electron chi connectivity index (χ0n) is 15.4. The van der Waals surface area contributed by atoms with Gasteiger partial charge in [-0.05, 0) is 77.6 Å². The van der Waals surface area contributed by atoms with Crippen LogP contribution >= 0.6 is 0 Å². The third-order valence-corrected chi connectivity index (χ3v) is 4.90. The van der Waals surface area contributed by atoms with Gasteiger partial charge in [-0.25, -0.2) is 0 Å². The van der Waals surface area contributed by atoms with Gasteiger partial charge in [-0.1, -0.05) is 60.7 Å². The summed E-state index contributed by atoms with van der Waals surface area (Å²) in [7, 11) is 0. The van der Waals surface area contributed by atoms with Gasteiger partial charge in [-0.2, -0.15) is 0 Å². The van der Waals surface area contributed by atoms with Crippen LogP contribution in [0.15, 0.2) is 66.7 Å². The van der Waals surface area contributed by atoms with Crippen molar-refractivity contribution in [2.75, 3.05) is 5.73 Å². The first-order valence-corrected chi connectivity index (χ1v) is 8.68. The van der Waals surface area contributed by atoms with Crippen LogP contribution in [0.1, 0.15) is 22.3 Å². The first-order valence-electron chi connectivity index (χ1n) is 8.68. The van der Waals surface area contributed by atoms with Gasteiger partial charge in [0.25, 0.3) is 0 Å². The quantitative estimate of drug-likeness (QED) is 0.290. The van der Waals surface area contributed by atoms with E-state index >= 15 is 0 Å². The van der Waals surface area contributed by atoms with Crippen molar-refractivity contribution < 1.29 is 0 Å². The second kappa shape index (κ2) is 6.98. The van der Waals surface area contributed by atoms with Crippen molar-refractivity contribution in [1.29, 1.82) is 0 Å². The lowest BCUT2D eigenvalue weighted by atomic mass is 9.93. The van der Waals surface area contributed by atoms with Gasteiger partial charge in [0, 0.05) is 5.69 Å². The monoisotopic (exact) mass is 327 g/mol. The van der Waals surface area contributed by atoms with E-state index in [1.54, 1.807) is 0 Å². The number of fused-ring (bicyclic) bond motifs is 2. The summed E-state index contributed by atoms with van der Waals surface area (Å²) in [6.07, 6.45) is 0. The van der Waals surface area contributed by atoms with Gasteiger partial charge in [0.2, 0.25) is 0 Å². The molecule has 0 aliphatic rings. The third-order valence-electron chi connectivity index (χ3n) is 4.90. The molecule has 0 bridgehead atoms. The topological polar surface area (TPSA) is 26.0 Å². The van der Waals surface area contributed by atoms with Crippen LogP contribution in [0.2, 0.25) is 0 Å². The minimum absolute atomic E-state index is 0.884. The lowest BCUT2D eigenvalue weighted by molar-refractivity contribution is 1.40. The number of rotatable bonds is 0. The minimum atomic E-state index is 0.884. The Bertz CT molecular complexity index is 928. The van der Waals surface area contributed by atoms with Crippen LogP contribution in [0.5, 0.6) is 0 Å². The molecule has 0 unspecified atom stereocenters. The predicted molar refractivity (Wildman–Crippen MR) is 111 cm³/mol. The summed E-state index contributed by atoms with van der Waals surface area (Å²) < 4.78 is 0. The van der Waals surface area contributed by atoms with E-state index in [0.717, 1.165) is 11.3 Å². The number of hydrogen-bond donors (Lipinski definition) is 1. The fraction of sp³-hybridized carbons (Fsp3) is 0.167. The SMILES string of the molecule is Cc1c2ccccc2c(C)c2ccccc12.Cc1ccc(C)c(N)c1. The number of hydrogen-bond acceptors (Lipinski definition) is 1. The van der Waals surface area contributed by atoms with Gasteiger partial charge in [-0.15, -0.1) is 0 Å². The Kier molecular flexibility index (Phi) is 4.76. The molecular weight excluding hydrogens is 302 g/mol. The normalized spacial score (nSPS) is 10.6. The van der Waals surface area contributed by atoms with E-state index in [9.17, 15) is 0 Å². The molecule has 0 saturated carbocycles. The van der Waals surface area contributed by atoms with E-state index in [4.69, 9.17) is 5.73 Å². The van der Waals surface area contributed by atoms with Gasteiger partial charge in [-0.3, -0.25) is 0 Å². The van der Waals surface area contributed by atoms with Crippen LogP contribution in [-0.4, -0.2) is 0 Å². The smallest absolute Gasteiger partial charge is 0.0346 e. The molecule has 25 heavy (non-hydrogen) atoms. The fourth-order valence-electron chi connectivity index (χ4n) is 3.32. The molecule has 1 nitrogen and oxygen atoms in total. The van der Waals surface area contributed by atoms with Gasteiger partial charge in [0.1, 0.15) is 0 Å². The maximum absolute atomic E-state index is 5.62. The maximum atomic E-state index is 5.62. The van der Waals surface area contributed by atoms with Crippen molar-refractivity contribution in [2.24, 2.45) is 0 Å². The molecule has 126 valence electrons. The summed E-state index contributed by atoms with van der Waals surface area (Å²) in [5.41, 5.74) is 11.7. The Balaban J connectivity index is 0.000000173. The Labute approximate surface area is 150 Å². The molecule has 0 aliphatic carbocycles. The molecule has 4 rings (SSSR count). The molecule has 0 fully saturated rings. The fourth-order valence-corrected chi connectivity index (χ4v) is 3.32. The average Bonchev–Trinajstić information content (AvgIpc) is 2.64. The maximum Gasteiger partial charge on any atom is 0.0346 e. The van der Waals surface area contributed by atoms with Crippen molar-refractivity contribution in [3.63, 3.8) is 0 Å². The molecule has 4 aromatic carbocycles. The van der Waals surface area contributed by atoms with Crippen LogP contribution in [0.25, 0.3) is 21.5 Å². The third kappa shape index (κ3) is 3.36. The number of nitrogen functional groups attached to an aromatic ring is 1. The molecule has 0 aromatic heterocycles. The van der Waals surface area contributed by atoms with E-state index in [1.165, 1.54) is 38.2 Å². The van der Waals surface area contributed by atoms with Crippen LogP contribution in [0.3, 0.4) is 0 Å². The highest BCUT2D eigenvalue weighted by molar-refractivity contribution is 6.05. The predicted octanol–water partition coefficient (Wildman–Crippen LogP) is 6.50. The number of nitrogens with two attached hydrogens (primary N) is 1. The zero-order valence-corrected chi connectivity index (χ0v) is 15.4. The van der Waals surface area contributed by atoms with Crippen LogP contribution in [0.4, 0.5) is 5.69 Å². The van der Waals surface area contributed by atoms with Crippen LogP contribution in [-0.2, 0) is 0 Å². The number of aryl methyl sites for hydroxylation is 4. The summed E-state index contributed by atoms with van der Waals surface area (Å²) in [6.45, 7) is 8.47. The molecule has 0 saturated heterocycles. The Morgan fingerprint density at radius 1 is 0.560 bits per heavy atom. The molecule has 0 amide bonds. The van der Waals surface area contributed by atoms with Gasteiger partial charge < -0.3 is 5.73 Å². The Hall–Kier alpha value is -2.80. The first-order chi connectivity index (χ1) is 12.0. The Morgan fingerprint density at radius 3 is 1.28 bits per heavy atom. The van der Waals surface area contributed by atoms with E-state index in [1.807, 2.05) is 26.0 Å². The highest BCUT2D eigenvalue weighted by atomic mass is 14.5. The molecule has 1 heteroatoms. The minimum Gasteiger partial charge on any atom is -0.399 e. The highest BCUT2D eigenvalue weighted by Crippen LogP contribution is 2.31. The van der Waals surface area contributed by atoms with Crippen molar-refractivity contribution in [3.8, 4) is 0 Å². The highest BCUT2D eigenvalue weighted by Gasteiger charge is 2.06. The lowest BCUT2D eigenvalue weighted by Gasteiger charge is -2.11. The van der Waals surface area contributed by atoms with Crippen molar-refractivity contribution in [2.45, 2.75) is 27.7 Å². The number of anilines is 1. The van der Waals surface area contributed by atoms with Crippen molar-refractivity contribution >= 4 is 27.2 Å². The van der Waals surface area contributed by atoms with Gasteiger partial charge in [0.15, 0.2) is 0 Å². The summed E-state index contributed by atoms with van der Waals surface area (Å²) >= 11 is 0. The standard InChI is InChI=1S/C16H14.C8H11N/c1-11-13-7-3-5-9-15(13)12(2)16-10-6-4-8-14(11)16;1-6-3-4-7(2)8(9)5-6/h3-10H,1-2H3;3-5H,9H2,1-2H3. The molecule has 0 spiro atoms. The first kappa shape index (κ1) is 17.0. The Morgan fingerprint density at radius 2 is 0.960 bits per heavy atom. The lowest BCUT2D eigenvalue weighted by Crippen LogP contribution is -1.88. The average molecular weight is 327 g/mol. The zero-order chi connectivity index (χ0) is 18.0. The van der Waals surface area contributed by atoms with Gasteiger partial charge in [0.05, 0.1) is 0 Å². The largest absolute Gasteiger partial charge is 0.399 e. The molecular formula is C24H25N. The molecule has 0 aliphatic heterocycles. The summed E-state index contributed by atoms with van der Waals surface area (Å²) in [5, 5.41) is 5.50. The molecule has 0 atom stereocenters. The second-order valence-electron chi connectivity index (χ2n) is 6.70. The molecule has 0 radical (unpaired) electrons. The summed E-state index contributed by atoms with van der Waals surface area (Å²) in [6, 6.07) is 23.4. The van der Waals surface area contributed by atoms with Gasteiger partial charge >= 0.3 is 0 Å². The summed E-state index contributed by atoms with van der Waals surface area (Å²) in [4.78, 5) is 0. The second-order valence-corrected chi connectivity index (χ2v) is 6.70. The van der Waals surface area contributed by atoms with Crippen LogP contribution < -0.4 is 5.73 Å². The molecule has 4 aromatic rings. The van der Waals surface area contributed by atoms with E-state index in [2.05, 4.69) is 68.4 Å². The van der Waals surface area contributed by atoms with Crippen molar-refractivity contribution in [1.82, 2.24) is 0 Å². The van der Waals surface area contributed by atoms with E-state index < -0.39 is 0 Å². The van der Waals surface area contributed by atoms with Crippen LogP contribution in [0, 0.1) is 27.7 Å².